The van der Waals surface area contributed by atoms with Crippen LogP contribution in [0.1, 0.15) is 46.5 Å². The van der Waals surface area contributed by atoms with E-state index in [9.17, 15) is 4.79 Å². The first kappa shape index (κ1) is 13.8. The van der Waals surface area contributed by atoms with E-state index in [0.29, 0.717) is 0 Å². The summed E-state index contributed by atoms with van der Waals surface area (Å²) in [4.78, 5) is 13.5. The van der Waals surface area contributed by atoms with Crippen LogP contribution >= 0.6 is 0 Å². The lowest BCUT2D eigenvalue weighted by Gasteiger charge is -2.34. The summed E-state index contributed by atoms with van der Waals surface area (Å²) in [5.74, 6) is 0.165. The smallest absolute Gasteiger partial charge is 0.410 e. The highest BCUT2D eigenvalue weighted by Gasteiger charge is 2.29. The van der Waals surface area contributed by atoms with Crippen molar-refractivity contribution in [1.82, 2.24) is 4.90 Å². The molecular weight excluding hydrogens is 216 g/mol. The van der Waals surface area contributed by atoms with E-state index in [2.05, 4.69) is 6.07 Å². The molecule has 0 aromatic carbocycles. The van der Waals surface area contributed by atoms with E-state index < -0.39 is 5.60 Å². The summed E-state index contributed by atoms with van der Waals surface area (Å²) in [6, 6.07) is 2.51. The normalized spacial score (nSPS) is 24.9. The standard InChI is InChI=1S/C13H22N2O2/c1-13(2,3)17-12(16)15(4)11-7-5-10(9-14)6-8-11/h10-11H,5-8H2,1-4H3. The number of amides is 1. The Bertz CT molecular complexity index is 306. The molecule has 4 heteroatoms. The second-order valence-electron chi connectivity index (χ2n) is 5.73. The molecule has 0 aliphatic heterocycles. The van der Waals surface area contributed by atoms with Crippen molar-refractivity contribution in [2.45, 2.75) is 58.1 Å². The van der Waals surface area contributed by atoms with Gasteiger partial charge in [0.25, 0.3) is 0 Å². The number of carbonyl (C=O) groups is 1. The largest absolute Gasteiger partial charge is 0.444 e. The quantitative estimate of drug-likeness (QED) is 0.705. The van der Waals surface area contributed by atoms with E-state index in [1.807, 2.05) is 20.8 Å². The van der Waals surface area contributed by atoms with Gasteiger partial charge in [-0.3, -0.25) is 0 Å². The van der Waals surface area contributed by atoms with Crippen LogP contribution in [0, 0.1) is 17.2 Å². The molecule has 1 saturated carbocycles. The molecule has 0 atom stereocenters. The van der Waals surface area contributed by atoms with Crippen LogP contribution in [0.4, 0.5) is 4.79 Å². The maximum atomic E-state index is 11.8. The van der Waals surface area contributed by atoms with Gasteiger partial charge in [-0.15, -0.1) is 0 Å². The molecule has 1 rings (SSSR count). The molecule has 17 heavy (non-hydrogen) atoms. The van der Waals surface area contributed by atoms with Crippen LogP contribution in [0.25, 0.3) is 0 Å². The Morgan fingerprint density at radius 3 is 2.24 bits per heavy atom. The average Bonchev–Trinajstić information content (AvgIpc) is 2.26. The monoisotopic (exact) mass is 238 g/mol. The van der Waals surface area contributed by atoms with Crippen LogP contribution in [0.3, 0.4) is 0 Å². The summed E-state index contributed by atoms with van der Waals surface area (Å²) in [5.41, 5.74) is -0.449. The minimum Gasteiger partial charge on any atom is -0.444 e. The first-order valence-corrected chi connectivity index (χ1v) is 6.19. The van der Waals surface area contributed by atoms with Crippen LogP contribution in [0.2, 0.25) is 0 Å². The SMILES string of the molecule is CN(C(=O)OC(C)(C)C)C1CCC(C#N)CC1. The van der Waals surface area contributed by atoms with Gasteiger partial charge in [0, 0.05) is 19.0 Å². The number of nitrogens with zero attached hydrogens (tertiary/aromatic N) is 2. The zero-order valence-electron chi connectivity index (χ0n) is 11.2. The predicted molar refractivity (Wildman–Crippen MR) is 65.4 cm³/mol. The molecule has 0 heterocycles. The second-order valence-corrected chi connectivity index (χ2v) is 5.73. The van der Waals surface area contributed by atoms with Gasteiger partial charge in [-0.25, -0.2) is 4.79 Å². The van der Waals surface area contributed by atoms with Crippen molar-refractivity contribution in [1.29, 1.82) is 5.26 Å². The summed E-state index contributed by atoms with van der Waals surface area (Å²) in [6.45, 7) is 5.60. The van der Waals surface area contributed by atoms with Gasteiger partial charge in [-0.05, 0) is 46.5 Å². The zero-order chi connectivity index (χ0) is 13.1. The van der Waals surface area contributed by atoms with Gasteiger partial charge < -0.3 is 9.64 Å². The third-order valence-corrected chi connectivity index (χ3v) is 3.11. The topological polar surface area (TPSA) is 53.3 Å². The molecule has 0 aromatic rings. The number of carbonyl (C=O) groups excluding carboxylic acids is 1. The van der Waals surface area contributed by atoms with Gasteiger partial charge in [-0.1, -0.05) is 0 Å². The van der Waals surface area contributed by atoms with Crippen LogP contribution < -0.4 is 0 Å². The van der Waals surface area contributed by atoms with E-state index >= 15 is 0 Å². The Kier molecular flexibility index (Phi) is 4.39. The average molecular weight is 238 g/mol. The van der Waals surface area contributed by atoms with Crippen molar-refractivity contribution in [3.63, 3.8) is 0 Å². The molecule has 0 saturated heterocycles. The number of rotatable bonds is 1. The predicted octanol–water partition coefficient (Wildman–Crippen LogP) is 2.94. The van der Waals surface area contributed by atoms with Gasteiger partial charge in [0.2, 0.25) is 0 Å². The van der Waals surface area contributed by atoms with Crippen LogP contribution in [0.15, 0.2) is 0 Å². The fourth-order valence-corrected chi connectivity index (χ4v) is 2.08. The molecule has 0 unspecified atom stereocenters. The Labute approximate surface area is 104 Å². The zero-order valence-corrected chi connectivity index (χ0v) is 11.2. The van der Waals surface area contributed by atoms with Crippen molar-refractivity contribution < 1.29 is 9.53 Å². The number of ether oxygens (including phenoxy) is 1. The second kappa shape index (κ2) is 5.39. The van der Waals surface area contributed by atoms with Crippen molar-refractivity contribution in [3.8, 4) is 6.07 Å². The number of hydrogen-bond acceptors (Lipinski definition) is 3. The highest BCUT2D eigenvalue weighted by atomic mass is 16.6. The molecule has 1 aliphatic rings. The van der Waals surface area contributed by atoms with E-state index in [4.69, 9.17) is 10.00 Å². The third-order valence-electron chi connectivity index (χ3n) is 3.11. The fourth-order valence-electron chi connectivity index (χ4n) is 2.08. The Morgan fingerprint density at radius 1 is 1.29 bits per heavy atom. The van der Waals surface area contributed by atoms with Crippen LogP contribution in [0.5, 0.6) is 0 Å². The molecule has 0 spiro atoms. The van der Waals surface area contributed by atoms with E-state index in [-0.39, 0.29) is 18.1 Å². The molecule has 1 amide bonds. The Morgan fingerprint density at radius 2 is 1.82 bits per heavy atom. The summed E-state index contributed by atoms with van der Waals surface area (Å²) < 4.78 is 5.33. The van der Waals surface area contributed by atoms with E-state index in [0.717, 1.165) is 25.7 Å². The molecule has 0 aromatic heterocycles. The Hall–Kier alpha value is -1.24. The van der Waals surface area contributed by atoms with Crippen molar-refractivity contribution in [3.05, 3.63) is 0 Å². The van der Waals surface area contributed by atoms with Gasteiger partial charge in [-0.2, -0.15) is 5.26 Å². The molecule has 96 valence electrons. The van der Waals surface area contributed by atoms with Crippen LogP contribution in [-0.2, 0) is 4.74 Å². The van der Waals surface area contributed by atoms with E-state index in [1.165, 1.54) is 0 Å². The highest BCUT2D eigenvalue weighted by Crippen LogP contribution is 2.27. The molecule has 1 aliphatic carbocycles. The fraction of sp³-hybridized carbons (Fsp3) is 0.846. The molecule has 0 radical (unpaired) electrons. The first-order valence-electron chi connectivity index (χ1n) is 6.19. The lowest BCUT2D eigenvalue weighted by molar-refractivity contribution is 0.0180. The molecular formula is C13H22N2O2. The van der Waals surface area contributed by atoms with Gasteiger partial charge in [0.15, 0.2) is 0 Å². The third kappa shape index (κ3) is 4.26. The maximum absolute atomic E-state index is 11.8. The van der Waals surface area contributed by atoms with Gasteiger partial charge in [0.05, 0.1) is 6.07 Å². The summed E-state index contributed by atoms with van der Waals surface area (Å²) in [5, 5.41) is 8.82. The molecule has 4 nitrogen and oxygen atoms in total. The van der Waals surface area contributed by atoms with Crippen molar-refractivity contribution in [2.24, 2.45) is 5.92 Å². The van der Waals surface area contributed by atoms with E-state index in [1.54, 1.807) is 11.9 Å². The lowest BCUT2D eigenvalue weighted by Crippen LogP contribution is -2.42. The molecule has 0 bridgehead atoms. The van der Waals surface area contributed by atoms with Crippen molar-refractivity contribution in [2.75, 3.05) is 7.05 Å². The first-order chi connectivity index (χ1) is 7.83. The van der Waals surface area contributed by atoms with Crippen LogP contribution in [-0.4, -0.2) is 29.7 Å². The summed E-state index contributed by atoms with van der Waals surface area (Å²) >= 11 is 0. The minimum atomic E-state index is -0.449. The van der Waals surface area contributed by atoms with Crippen molar-refractivity contribution >= 4 is 6.09 Å². The number of hydrogen-bond donors (Lipinski definition) is 0. The molecule has 0 N–H and O–H groups in total. The summed E-state index contributed by atoms with van der Waals surface area (Å²) in [6.07, 6.45) is 3.29. The molecule has 1 fully saturated rings. The minimum absolute atomic E-state index is 0.165. The summed E-state index contributed by atoms with van der Waals surface area (Å²) in [7, 11) is 1.78. The lowest BCUT2D eigenvalue weighted by atomic mass is 9.86. The number of nitriles is 1. The highest BCUT2D eigenvalue weighted by molar-refractivity contribution is 5.68. The van der Waals surface area contributed by atoms with Gasteiger partial charge in [0.1, 0.15) is 5.60 Å². The maximum Gasteiger partial charge on any atom is 0.410 e. The Balaban J connectivity index is 2.46. The van der Waals surface area contributed by atoms with Gasteiger partial charge >= 0.3 is 6.09 Å².